The normalized spacial score (nSPS) is 16.8. The van der Waals surface area contributed by atoms with Crippen molar-refractivity contribution in [2.75, 3.05) is 37.6 Å². The third-order valence-electron chi connectivity index (χ3n) is 8.39. The predicted octanol–water partition coefficient (Wildman–Crippen LogP) is 6.71. The van der Waals surface area contributed by atoms with Crippen LogP contribution in [0.4, 0.5) is 5.82 Å². The molecule has 4 rings (SSSR count). The van der Waals surface area contributed by atoms with Crippen LogP contribution in [0.3, 0.4) is 0 Å². The molecule has 0 spiro atoms. The zero-order valence-corrected chi connectivity index (χ0v) is 27.6. The molecule has 0 bridgehead atoms. The maximum Gasteiger partial charge on any atom is 0.270 e. The lowest BCUT2D eigenvalue weighted by atomic mass is 10.0. The summed E-state index contributed by atoms with van der Waals surface area (Å²) in [7, 11) is 0. The number of anilines is 1. The van der Waals surface area contributed by atoms with Crippen LogP contribution >= 0.6 is 24.0 Å². The van der Waals surface area contributed by atoms with Gasteiger partial charge in [-0.1, -0.05) is 107 Å². The second-order valence-electron chi connectivity index (χ2n) is 11.5. The highest BCUT2D eigenvalue weighted by molar-refractivity contribution is 8.26. The van der Waals surface area contributed by atoms with Crippen molar-refractivity contribution in [3.63, 3.8) is 0 Å². The van der Waals surface area contributed by atoms with Gasteiger partial charge in [0.05, 0.1) is 4.91 Å². The number of hydrogen-bond donors (Lipinski definition) is 0. The predicted molar refractivity (Wildman–Crippen MR) is 182 cm³/mol. The van der Waals surface area contributed by atoms with Gasteiger partial charge in [0.15, 0.2) is 0 Å². The number of benzene rings is 1. The molecule has 2 aliphatic heterocycles. The Morgan fingerprint density at radius 2 is 1.60 bits per heavy atom. The van der Waals surface area contributed by atoms with Crippen LogP contribution in [0.15, 0.2) is 40.0 Å². The molecule has 2 fully saturated rings. The van der Waals surface area contributed by atoms with Gasteiger partial charge in [-0.2, -0.15) is 5.26 Å². The Hall–Kier alpha value is -2.93. The van der Waals surface area contributed by atoms with E-state index < -0.39 is 0 Å². The number of amides is 1. The topological polar surface area (TPSA) is 72.6 Å². The summed E-state index contributed by atoms with van der Waals surface area (Å²) in [6.45, 7) is 11.4. The average molecular weight is 620 g/mol. The molecule has 2 aromatic rings. The van der Waals surface area contributed by atoms with Crippen LogP contribution in [0.2, 0.25) is 0 Å². The molecular formula is C34H45N5O2S2. The molecule has 1 aromatic heterocycles. The molecule has 1 aromatic carbocycles. The highest BCUT2D eigenvalue weighted by atomic mass is 32.2. The fourth-order valence-corrected chi connectivity index (χ4v) is 7.13. The average Bonchev–Trinajstić information content (AvgIpc) is 3.28. The number of hydrogen-bond acceptors (Lipinski definition) is 7. The zero-order chi connectivity index (χ0) is 30.8. The molecule has 0 unspecified atom stereocenters. The number of carbonyl (C=O) groups excluding carboxylic acids is 1. The lowest BCUT2D eigenvalue weighted by molar-refractivity contribution is -0.122. The molecule has 43 heavy (non-hydrogen) atoms. The van der Waals surface area contributed by atoms with E-state index in [2.05, 4.69) is 54.0 Å². The highest BCUT2D eigenvalue weighted by Gasteiger charge is 2.33. The summed E-state index contributed by atoms with van der Waals surface area (Å²) in [6.07, 6.45) is 10.5. The minimum absolute atomic E-state index is 0.0774. The Bertz CT molecular complexity index is 1400. The van der Waals surface area contributed by atoms with Crippen molar-refractivity contribution < 1.29 is 4.79 Å². The molecule has 3 heterocycles. The first-order valence-electron chi connectivity index (χ1n) is 15.8. The third-order valence-corrected chi connectivity index (χ3v) is 9.76. The van der Waals surface area contributed by atoms with Crippen LogP contribution < -0.4 is 10.5 Å². The molecule has 0 aliphatic carbocycles. The molecule has 0 atom stereocenters. The molecule has 230 valence electrons. The van der Waals surface area contributed by atoms with E-state index in [0.29, 0.717) is 27.9 Å². The molecular weight excluding hydrogens is 575 g/mol. The van der Waals surface area contributed by atoms with Crippen molar-refractivity contribution >= 4 is 46.1 Å². The summed E-state index contributed by atoms with van der Waals surface area (Å²) in [5.74, 6) is 0.738. The number of thioether (sulfide) groups is 1. The summed E-state index contributed by atoms with van der Waals surface area (Å²) in [6, 6.07) is 12.6. The summed E-state index contributed by atoms with van der Waals surface area (Å²) in [5, 5.41) is 10.0. The number of rotatable bonds is 14. The monoisotopic (exact) mass is 619 g/mol. The second-order valence-corrected chi connectivity index (χ2v) is 13.2. The van der Waals surface area contributed by atoms with E-state index in [1.165, 1.54) is 43.0 Å². The van der Waals surface area contributed by atoms with Gasteiger partial charge in [0.25, 0.3) is 11.5 Å². The maximum absolute atomic E-state index is 13.6. The second kappa shape index (κ2) is 16.2. The van der Waals surface area contributed by atoms with E-state index in [1.54, 1.807) is 9.47 Å². The van der Waals surface area contributed by atoms with E-state index in [4.69, 9.17) is 12.2 Å². The summed E-state index contributed by atoms with van der Waals surface area (Å²) in [4.78, 5) is 34.2. The number of piperazine rings is 1. The summed E-state index contributed by atoms with van der Waals surface area (Å²) < 4.78 is 2.36. The molecule has 2 aliphatic rings. The van der Waals surface area contributed by atoms with E-state index in [9.17, 15) is 14.9 Å². The van der Waals surface area contributed by atoms with Gasteiger partial charge >= 0.3 is 0 Å². The Morgan fingerprint density at radius 3 is 2.28 bits per heavy atom. The van der Waals surface area contributed by atoms with E-state index >= 15 is 0 Å². The van der Waals surface area contributed by atoms with Gasteiger partial charge in [0.2, 0.25) is 0 Å². The van der Waals surface area contributed by atoms with Gasteiger partial charge in [0.1, 0.15) is 21.8 Å². The van der Waals surface area contributed by atoms with Crippen molar-refractivity contribution in [2.45, 2.75) is 85.2 Å². The molecule has 2 saturated heterocycles. The van der Waals surface area contributed by atoms with E-state index in [1.807, 2.05) is 19.1 Å². The van der Waals surface area contributed by atoms with Crippen LogP contribution in [-0.4, -0.2) is 57.3 Å². The Balaban J connectivity index is 1.63. The van der Waals surface area contributed by atoms with Crippen LogP contribution in [0.5, 0.6) is 0 Å². The van der Waals surface area contributed by atoms with E-state index in [0.717, 1.165) is 69.8 Å². The van der Waals surface area contributed by atoms with Gasteiger partial charge in [-0.25, -0.2) is 0 Å². The van der Waals surface area contributed by atoms with Gasteiger partial charge < -0.3 is 4.90 Å². The Labute approximate surface area is 266 Å². The lowest BCUT2D eigenvalue weighted by Gasteiger charge is -2.38. The minimum atomic E-state index is -0.247. The van der Waals surface area contributed by atoms with Gasteiger partial charge in [-0.05, 0) is 37.0 Å². The highest BCUT2D eigenvalue weighted by Crippen LogP contribution is 2.36. The van der Waals surface area contributed by atoms with Crippen molar-refractivity contribution in [1.82, 2.24) is 14.4 Å². The van der Waals surface area contributed by atoms with E-state index in [-0.39, 0.29) is 17.0 Å². The maximum atomic E-state index is 13.6. The van der Waals surface area contributed by atoms with Crippen LogP contribution in [-0.2, 0) is 17.9 Å². The SMILES string of the molecule is CCCCCCCCN1C(=O)C(=Cc2c(C)c(C#N)c(=O)n(CCCC)c2N2CCN(Cc3ccccc3)CC2)SC1=S. The molecule has 0 radical (unpaired) electrons. The molecule has 9 heteroatoms. The van der Waals surface area contributed by atoms with Gasteiger partial charge in [0, 0.05) is 51.4 Å². The smallest absolute Gasteiger partial charge is 0.270 e. The first-order chi connectivity index (χ1) is 20.9. The number of nitrogens with zero attached hydrogens (tertiary/aromatic N) is 5. The molecule has 0 N–H and O–H groups in total. The van der Waals surface area contributed by atoms with Gasteiger partial charge in [-0.15, -0.1) is 0 Å². The number of unbranched alkanes of at least 4 members (excludes halogenated alkanes) is 6. The van der Waals surface area contributed by atoms with Gasteiger partial charge in [-0.3, -0.25) is 24.0 Å². The van der Waals surface area contributed by atoms with Crippen molar-refractivity contribution in [2.24, 2.45) is 0 Å². The van der Waals surface area contributed by atoms with Crippen molar-refractivity contribution in [1.29, 1.82) is 5.26 Å². The lowest BCUT2D eigenvalue weighted by Crippen LogP contribution is -2.48. The number of aromatic nitrogens is 1. The quantitative estimate of drug-likeness (QED) is 0.132. The fourth-order valence-electron chi connectivity index (χ4n) is 5.84. The van der Waals surface area contributed by atoms with Crippen molar-refractivity contribution in [3.05, 3.63) is 67.8 Å². The Kier molecular flexibility index (Phi) is 12.4. The fraction of sp³-hybridized carbons (Fsp3) is 0.529. The van der Waals surface area contributed by atoms with Crippen LogP contribution in [0, 0.1) is 18.3 Å². The molecule has 0 saturated carbocycles. The first kappa shape index (κ1) is 33.0. The molecule has 1 amide bonds. The summed E-state index contributed by atoms with van der Waals surface area (Å²) >= 11 is 6.97. The number of carbonyl (C=O) groups is 1. The summed E-state index contributed by atoms with van der Waals surface area (Å²) in [5.41, 5.74) is 2.60. The third kappa shape index (κ3) is 8.17. The molecule has 7 nitrogen and oxygen atoms in total. The first-order valence-corrected chi connectivity index (χ1v) is 17.1. The van der Waals surface area contributed by atoms with Crippen LogP contribution in [0.1, 0.15) is 87.5 Å². The Morgan fingerprint density at radius 1 is 0.930 bits per heavy atom. The minimum Gasteiger partial charge on any atom is -0.355 e. The van der Waals surface area contributed by atoms with Crippen LogP contribution in [0.25, 0.3) is 6.08 Å². The number of pyridine rings is 1. The largest absolute Gasteiger partial charge is 0.355 e. The zero-order valence-electron chi connectivity index (χ0n) is 25.9. The standard InChI is InChI=1S/C34H45N5O2S2/c1-4-6-8-9-10-14-18-39-33(41)30(43-34(39)42)23-28-26(3)29(24-35)32(40)38(17-7-5-2)31(28)37-21-19-36(20-22-37)25-27-15-12-11-13-16-27/h11-13,15-16,23H,4-10,14,17-22,25H2,1-3H3. The van der Waals surface area contributed by atoms with Crippen molar-refractivity contribution in [3.8, 4) is 6.07 Å². The number of thiocarbonyl (C=S) groups is 1. The number of nitriles is 1.